The Morgan fingerprint density at radius 3 is 1.38 bits per heavy atom. The zero-order valence-electron chi connectivity index (χ0n) is 6.94. The van der Waals surface area contributed by atoms with E-state index in [0.717, 1.165) is 0 Å². The van der Waals surface area contributed by atoms with Crippen LogP contribution in [0.5, 0.6) is 0 Å². The summed E-state index contributed by atoms with van der Waals surface area (Å²) >= 11 is 0. The van der Waals surface area contributed by atoms with Crippen LogP contribution in [0.2, 0.25) is 0 Å². The highest BCUT2D eigenvalue weighted by atomic mass is 32.3. The third kappa shape index (κ3) is 2.79. The summed E-state index contributed by atoms with van der Waals surface area (Å²) in [7, 11) is -8.24. The summed E-state index contributed by atoms with van der Waals surface area (Å²) < 4.78 is 120. The predicted molar refractivity (Wildman–Crippen MR) is 35.3 cm³/mol. The Morgan fingerprint density at radius 2 is 1.19 bits per heavy atom. The first-order valence-corrected chi connectivity index (χ1v) is 5.19. The van der Waals surface area contributed by atoms with Gasteiger partial charge in [0.05, 0.1) is 0 Å². The summed E-state index contributed by atoms with van der Waals surface area (Å²) in [6.45, 7) is 0. The molecule has 3 nitrogen and oxygen atoms in total. The Hall–Kier alpha value is -0.490. The number of alkyl halides is 8. The van der Waals surface area contributed by atoms with Crippen LogP contribution in [0.15, 0.2) is 0 Å². The summed E-state index contributed by atoms with van der Waals surface area (Å²) in [5, 5.41) is -6.78. The molecule has 0 spiro atoms. The van der Waals surface area contributed by atoms with Gasteiger partial charge in [-0.25, -0.2) is 4.21 Å². The summed E-state index contributed by atoms with van der Waals surface area (Å²) in [5.74, 6) is -3.57. The van der Waals surface area contributed by atoms with E-state index in [-0.39, 0.29) is 0 Å². The van der Waals surface area contributed by atoms with Gasteiger partial charge in [0.25, 0.3) is 0 Å². The molecule has 16 heavy (non-hydrogen) atoms. The molecule has 0 aliphatic carbocycles. The normalized spacial score (nSPS) is 18.0. The average Bonchev–Trinajstić information content (AvgIpc) is 1.74. The maximum atomic E-state index is 12.2. The van der Waals surface area contributed by atoms with Crippen molar-refractivity contribution in [3.63, 3.8) is 0 Å². The lowest BCUT2D eigenvalue weighted by Gasteiger charge is -2.38. The van der Waals surface area contributed by atoms with Crippen molar-refractivity contribution < 1.29 is 48.4 Å². The molecule has 0 heterocycles. The number of hydrogen-bond acceptors (Lipinski definition) is 1. The van der Waals surface area contributed by atoms with Crippen molar-refractivity contribution in [3.8, 4) is 0 Å². The fourth-order valence-corrected chi connectivity index (χ4v) is 1.85. The van der Waals surface area contributed by atoms with Crippen LogP contribution in [0.1, 0.15) is 0 Å². The molecule has 0 aliphatic heterocycles. The van der Waals surface area contributed by atoms with E-state index in [2.05, 4.69) is 0 Å². The summed E-state index contributed by atoms with van der Waals surface area (Å²) in [6.07, 6.45) is -12.7. The minimum Gasteiger partial charge on any atom is -0.303 e. The van der Waals surface area contributed by atoms with Crippen LogP contribution < -0.4 is 0 Å². The molecule has 0 fully saturated rings. The Kier molecular flexibility index (Phi) is 3.16. The highest BCUT2D eigenvalue weighted by Crippen LogP contribution is 2.50. The van der Waals surface area contributed by atoms with Gasteiger partial charge in [-0.2, -0.15) is 35.1 Å². The molecule has 0 atom stereocenters. The van der Waals surface area contributed by atoms with Crippen LogP contribution >= 0.6 is 0 Å². The first kappa shape index (κ1) is 15.5. The van der Waals surface area contributed by atoms with E-state index < -0.39 is 33.0 Å². The zero-order valence-corrected chi connectivity index (χ0v) is 7.76. The summed E-state index contributed by atoms with van der Waals surface area (Å²) in [5.41, 5.74) is 0. The van der Waals surface area contributed by atoms with Gasteiger partial charge in [-0.15, -0.1) is 0 Å². The third-order valence-electron chi connectivity index (χ3n) is 1.27. The second-order valence-electron chi connectivity index (χ2n) is 2.79. The number of rotatable bonds is 2. The van der Waals surface area contributed by atoms with Crippen molar-refractivity contribution in [2.24, 2.45) is 0 Å². The maximum Gasteiger partial charge on any atom is 0.469 e. The summed E-state index contributed by atoms with van der Waals surface area (Å²) in [6, 6.07) is 0. The van der Waals surface area contributed by atoms with Gasteiger partial charge in [0.1, 0.15) is 5.75 Å². The molecule has 0 rings (SSSR count). The molecule has 0 aromatic carbocycles. The average molecular weight is 284 g/mol. The van der Waals surface area contributed by atoms with E-state index in [4.69, 9.17) is 9.11 Å². The van der Waals surface area contributed by atoms with Crippen molar-refractivity contribution in [1.82, 2.24) is 0 Å². The monoisotopic (exact) mass is 284 g/mol. The van der Waals surface area contributed by atoms with Crippen LogP contribution in [0.25, 0.3) is 0 Å². The van der Waals surface area contributed by atoms with Crippen molar-refractivity contribution in [2.45, 2.75) is 17.6 Å². The quantitative estimate of drug-likeness (QED) is 0.766. The first-order chi connectivity index (χ1) is 6.49. The third-order valence-corrected chi connectivity index (χ3v) is 3.38. The molecule has 0 bridgehead atoms. The van der Waals surface area contributed by atoms with Gasteiger partial charge in [-0.1, -0.05) is 0 Å². The molecule has 2 N–H and O–H groups in total. The van der Waals surface area contributed by atoms with Crippen LogP contribution in [0, 0.1) is 0 Å². The van der Waals surface area contributed by atoms with E-state index in [1.165, 1.54) is 0 Å². The molecule has 0 aromatic heterocycles. The Bertz CT molecular complexity index is 334. The fourth-order valence-electron chi connectivity index (χ4n) is 0.618. The zero-order chi connectivity index (χ0) is 13.7. The lowest BCUT2D eigenvalue weighted by molar-refractivity contribution is -0.249. The first-order valence-electron chi connectivity index (χ1n) is 3.14. The van der Waals surface area contributed by atoms with E-state index in [0.29, 0.717) is 0 Å². The number of halogens is 8. The van der Waals surface area contributed by atoms with E-state index in [1.807, 2.05) is 0 Å². The highest BCUT2D eigenvalue weighted by molar-refractivity contribution is 8.11. The van der Waals surface area contributed by atoms with Crippen molar-refractivity contribution in [3.05, 3.63) is 0 Å². The van der Waals surface area contributed by atoms with Crippen LogP contribution in [0.4, 0.5) is 35.1 Å². The van der Waals surface area contributed by atoms with Gasteiger partial charge in [0.2, 0.25) is 0 Å². The maximum absolute atomic E-state index is 12.2. The van der Waals surface area contributed by atoms with Gasteiger partial charge >= 0.3 is 17.6 Å². The Balaban J connectivity index is 5.58. The van der Waals surface area contributed by atoms with Crippen LogP contribution in [0.3, 0.4) is 0 Å². The highest BCUT2D eigenvalue weighted by Gasteiger charge is 2.75. The molecule has 100 valence electrons. The molecular weight excluding hydrogens is 280 g/mol. The molecule has 0 saturated carbocycles. The van der Waals surface area contributed by atoms with Gasteiger partial charge < -0.3 is 9.11 Å². The van der Waals surface area contributed by atoms with Crippen LogP contribution in [-0.4, -0.2) is 36.7 Å². The van der Waals surface area contributed by atoms with E-state index in [9.17, 15) is 39.3 Å². The van der Waals surface area contributed by atoms with Crippen molar-refractivity contribution in [2.75, 3.05) is 5.75 Å². The lowest BCUT2D eigenvalue weighted by Crippen LogP contribution is -2.61. The standard InChI is InChI=1S/C4H4F8O3S/c5-2(6,7)1-16(13,14,15)4(11,12)3(8,9)10/h1H2,(H2,13,14,15). The van der Waals surface area contributed by atoms with Crippen molar-refractivity contribution in [1.29, 1.82) is 0 Å². The molecule has 0 aromatic rings. The smallest absolute Gasteiger partial charge is 0.303 e. The largest absolute Gasteiger partial charge is 0.469 e. The minimum atomic E-state index is -8.24. The van der Waals surface area contributed by atoms with E-state index in [1.54, 1.807) is 0 Å². The Labute approximate surface area is 82.5 Å². The summed E-state index contributed by atoms with van der Waals surface area (Å²) in [4.78, 5) is 0. The van der Waals surface area contributed by atoms with Crippen LogP contribution in [-0.2, 0) is 9.63 Å². The second-order valence-corrected chi connectivity index (χ2v) is 5.63. The van der Waals surface area contributed by atoms with Gasteiger partial charge in [-0.3, -0.25) is 0 Å². The molecule has 0 amide bonds. The molecule has 0 radical (unpaired) electrons. The lowest BCUT2D eigenvalue weighted by atomic mass is 10.7. The molecule has 0 aliphatic rings. The molecule has 0 unspecified atom stereocenters. The van der Waals surface area contributed by atoms with E-state index >= 15 is 0 Å². The number of hydrogen-bond donors (Lipinski definition) is 2. The minimum absolute atomic E-state index is 3.57. The van der Waals surface area contributed by atoms with Crippen molar-refractivity contribution >= 4 is 9.63 Å². The van der Waals surface area contributed by atoms with Gasteiger partial charge in [0.15, 0.2) is 9.63 Å². The molecule has 0 saturated heterocycles. The SMILES string of the molecule is O=S(O)(O)(CC(F)(F)F)C(F)(F)C(F)(F)F. The second kappa shape index (κ2) is 3.26. The van der Waals surface area contributed by atoms with Gasteiger partial charge in [-0.05, 0) is 0 Å². The fraction of sp³-hybridized carbons (Fsp3) is 1.00. The topological polar surface area (TPSA) is 57.5 Å². The Morgan fingerprint density at radius 1 is 0.875 bits per heavy atom. The van der Waals surface area contributed by atoms with Gasteiger partial charge in [0, 0.05) is 0 Å². The molecule has 12 heteroatoms. The molecular formula is C4H4F8O3S. The predicted octanol–water partition coefficient (Wildman–Crippen LogP) is 2.47.